The minimum atomic E-state index is -0.266. The Morgan fingerprint density at radius 2 is 1.94 bits per heavy atom. The first-order valence-corrected chi connectivity index (χ1v) is 5.16. The maximum atomic E-state index is 10.9. The van der Waals surface area contributed by atoms with Crippen LogP contribution in [0.25, 0.3) is 0 Å². The van der Waals surface area contributed by atoms with E-state index < -0.39 is 0 Å². The van der Waals surface area contributed by atoms with Gasteiger partial charge < -0.3 is 15.0 Å². The van der Waals surface area contributed by atoms with Crippen LogP contribution >= 0.6 is 0 Å². The summed E-state index contributed by atoms with van der Waals surface area (Å²) in [4.78, 5) is 13.0. The lowest BCUT2D eigenvalue weighted by atomic mass is 10.2. The van der Waals surface area contributed by atoms with E-state index in [1.165, 1.54) is 12.7 Å². The Kier molecular flexibility index (Phi) is 4.79. The second-order valence-electron chi connectivity index (χ2n) is 3.86. The Bertz CT molecular complexity index is 333. The molecule has 0 aliphatic carbocycles. The van der Waals surface area contributed by atoms with Gasteiger partial charge in [0, 0.05) is 12.2 Å². The first-order chi connectivity index (χ1) is 7.61. The zero-order valence-corrected chi connectivity index (χ0v) is 9.99. The molecule has 0 spiro atoms. The summed E-state index contributed by atoms with van der Waals surface area (Å²) in [6.45, 7) is 1.11. The van der Waals surface area contributed by atoms with Gasteiger partial charge in [-0.2, -0.15) is 0 Å². The number of anilines is 1. The molecule has 88 valence electrons. The zero-order valence-electron chi connectivity index (χ0n) is 9.99. The van der Waals surface area contributed by atoms with Crippen molar-refractivity contribution >= 4 is 11.7 Å². The van der Waals surface area contributed by atoms with E-state index in [0.717, 1.165) is 12.2 Å². The quantitative estimate of drug-likeness (QED) is 0.763. The van der Waals surface area contributed by atoms with E-state index in [1.54, 1.807) is 0 Å². The topological polar surface area (TPSA) is 41.6 Å². The fraction of sp³-hybridized carbons (Fsp3) is 0.417. The van der Waals surface area contributed by atoms with Crippen LogP contribution in [-0.4, -0.2) is 38.6 Å². The number of ether oxygens (including phenoxy) is 1. The number of nitrogens with one attached hydrogen (secondary N) is 1. The van der Waals surface area contributed by atoms with Gasteiger partial charge >= 0.3 is 5.97 Å². The third kappa shape index (κ3) is 4.31. The van der Waals surface area contributed by atoms with E-state index in [2.05, 4.69) is 15.0 Å². The number of methoxy groups -OCH3 is 1. The summed E-state index contributed by atoms with van der Waals surface area (Å²) in [7, 11) is 5.44. The first kappa shape index (κ1) is 12.5. The van der Waals surface area contributed by atoms with Crippen LogP contribution in [0.2, 0.25) is 0 Å². The fourth-order valence-corrected chi connectivity index (χ4v) is 1.34. The second kappa shape index (κ2) is 6.12. The molecule has 0 unspecified atom stereocenters. The molecule has 1 aromatic rings. The number of esters is 1. The lowest BCUT2D eigenvalue weighted by Crippen LogP contribution is -2.15. The third-order valence-corrected chi connectivity index (χ3v) is 2.12. The smallest absolute Gasteiger partial charge is 0.325 e. The van der Waals surface area contributed by atoms with Crippen LogP contribution in [0.3, 0.4) is 0 Å². The number of benzene rings is 1. The van der Waals surface area contributed by atoms with Crippen LogP contribution in [0.15, 0.2) is 24.3 Å². The van der Waals surface area contributed by atoms with Gasteiger partial charge in [-0.3, -0.25) is 4.79 Å². The molecule has 0 saturated carbocycles. The molecule has 0 aliphatic heterocycles. The molecule has 0 atom stereocenters. The molecule has 0 amide bonds. The Labute approximate surface area is 96.2 Å². The van der Waals surface area contributed by atoms with Crippen molar-refractivity contribution in [3.63, 3.8) is 0 Å². The Balaban J connectivity index is 2.48. The highest BCUT2D eigenvalue weighted by molar-refractivity contribution is 5.74. The monoisotopic (exact) mass is 222 g/mol. The summed E-state index contributed by atoms with van der Waals surface area (Å²) in [5.41, 5.74) is 2.17. The molecule has 0 bridgehead atoms. The molecule has 0 aromatic heterocycles. The normalized spacial score (nSPS) is 10.2. The number of rotatable bonds is 5. The summed E-state index contributed by atoms with van der Waals surface area (Å²) in [6, 6.07) is 8.00. The van der Waals surface area contributed by atoms with Crippen LogP contribution < -0.4 is 5.32 Å². The van der Waals surface area contributed by atoms with Gasteiger partial charge in [-0.1, -0.05) is 12.1 Å². The largest absolute Gasteiger partial charge is 0.468 e. The van der Waals surface area contributed by atoms with Gasteiger partial charge in [-0.25, -0.2) is 0 Å². The Hall–Kier alpha value is -1.55. The van der Waals surface area contributed by atoms with Crippen molar-refractivity contribution in [2.75, 3.05) is 33.1 Å². The molecule has 0 aliphatic rings. The standard InChI is InChI=1S/C12H18N2O2/c1-14(2)9-10-4-6-11(7-5-10)13-8-12(15)16-3/h4-7,13H,8-9H2,1-3H3. The molecular weight excluding hydrogens is 204 g/mol. The average molecular weight is 222 g/mol. The number of hydrogen-bond donors (Lipinski definition) is 1. The summed E-state index contributed by atoms with van der Waals surface area (Å²) >= 11 is 0. The summed E-state index contributed by atoms with van der Waals surface area (Å²) < 4.78 is 4.54. The summed E-state index contributed by atoms with van der Waals surface area (Å²) in [6.07, 6.45) is 0. The van der Waals surface area contributed by atoms with Crippen LogP contribution in [-0.2, 0) is 16.1 Å². The lowest BCUT2D eigenvalue weighted by molar-refractivity contribution is -0.138. The van der Waals surface area contributed by atoms with Gasteiger partial charge in [0.2, 0.25) is 0 Å². The van der Waals surface area contributed by atoms with Crippen LogP contribution in [0.1, 0.15) is 5.56 Å². The maximum Gasteiger partial charge on any atom is 0.325 e. The van der Waals surface area contributed by atoms with E-state index >= 15 is 0 Å². The Morgan fingerprint density at radius 3 is 2.44 bits per heavy atom. The minimum Gasteiger partial charge on any atom is -0.468 e. The predicted octanol–water partition coefficient (Wildman–Crippen LogP) is 1.33. The number of nitrogens with zero attached hydrogens (tertiary/aromatic N) is 1. The van der Waals surface area contributed by atoms with Crippen LogP contribution in [0.5, 0.6) is 0 Å². The fourth-order valence-electron chi connectivity index (χ4n) is 1.34. The zero-order chi connectivity index (χ0) is 12.0. The van der Waals surface area contributed by atoms with Crippen LogP contribution in [0, 0.1) is 0 Å². The Morgan fingerprint density at radius 1 is 1.31 bits per heavy atom. The van der Waals surface area contributed by atoms with Gasteiger partial charge in [-0.15, -0.1) is 0 Å². The van der Waals surface area contributed by atoms with Crippen molar-refractivity contribution in [3.05, 3.63) is 29.8 Å². The van der Waals surface area contributed by atoms with E-state index in [4.69, 9.17) is 0 Å². The van der Waals surface area contributed by atoms with Crippen molar-refractivity contribution < 1.29 is 9.53 Å². The van der Waals surface area contributed by atoms with Crippen molar-refractivity contribution in [2.45, 2.75) is 6.54 Å². The summed E-state index contributed by atoms with van der Waals surface area (Å²) in [5.74, 6) is -0.266. The van der Waals surface area contributed by atoms with Crippen molar-refractivity contribution in [2.24, 2.45) is 0 Å². The molecule has 0 fully saturated rings. The number of carbonyl (C=O) groups excluding carboxylic acids is 1. The maximum absolute atomic E-state index is 10.9. The molecule has 1 rings (SSSR count). The molecule has 4 heteroatoms. The van der Waals surface area contributed by atoms with E-state index in [0.29, 0.717) is 0 Å². The van der Waals surface area contributed by atoms with Gasteiger partial charge in [-0.05, 0) is 31.8 Å². The highest BCUT2D eigenvalue weighted by Crippen LogP contribution is 2.10. The average Bonchev–Trinajstić information content (AvgIpc) is 2.27. The van der Waals surface area contributed by atoms with Gasteiger partial charge in [0.05, 0.1) is 7.11 Å². The van der Waals surface area contributed by atoms with Gasteiger partial charge in [0.1, 0.15) is 6.54 Å². The highest BCUT2D eigenvalue weighted by atomic mass is 16.5. The van der Waals surface area contributed by atoms with E-state index in [1.807, 2.05) is 38.4 Å². The van der Waals surface area contributed by atoms with Crippen molar-refractivity contribution in [1.82, 2.24) is 4.90 Å². The highest BCUT2D eigenvalue weighted by Gasteiger charge is 2.00. The van der Waals surface area contributed by atoms with Crippen LogP contribution in [0.4, 0.5) is 5.69 Å². The van der Waals surface area contributed by atoms with Gasteiger partial charge in [0.15, 0.2) is 0 Å². The van der Waals surface area contributed by atoms with Gasteiger partial charge in [0.25, 0.3) is 0 Å². The second-order valence-corrected chi connectivity index (χ2v) is 3.86. The van der Waals surface area contributed by atoms with Crippen molar-refractivity contribution in [3.8, 4) is 0 Å². The molecule has 1 aromatic carbocycles. The molecule has 0 radical (unpaired) electrons. The van der Waals surface area contributed by atoms with E-state index in [-0.39, 0.29) is 12.5 Å². The molecule has 1 N–H and O–H groups in total. The predicted molar refractivity (Wildman–Crippen MR) is 64.3 cm³/mol. The number of hydrogen-bond acceptors (Lipinski definition) is 4. The minimum absolute atomic E-state index is 0.198. The molecular formula is C12H18N2O2. The lowest BCUT2D eigenvalue weighted by Gasteiger charge is -2.10. The summed E-state index contributed by atoms with van der Waals surface area (Å²) in [5, 5.41) is 2.99. The number of carbonyl (C=O) groups is 1. The molecule has 16 heavy (non-hydrogen) atoms. The SMILES string of the molecule is COC(=O)CNc1ccc(CN(C)C)cc1. The first-order valence-electron chi connectivity index (χ1n) is 5.16. The van der Waals surface area contributed by atoms with Crippen molar-refractivity contribution in [1.29, 1.82) is 0 Å². The molecule has 0 heterocycles. The molecule has 4 nitrogen and oxygen atoms in total. The van der Waals surface area contributed by atoms with E-state index in [9.17, 15) is 4.79 Å². The molecule has 0 saturated heterocycles. The third-order valence-electron chi connectivity index (χ3n) is 2.12.